The largest absolute Gasteiger partial charge is 0.356 e. The summed E-state index contributed by atoms with van der Waals surface area (Å²) in [6, 6.07) is 6.77. The van der Waals surface area contributed by atoms with Gasteiger partial charge in [-0.25, -0.2) is 0 Å². The monoisotopic (exact) mass is 333 g/mol. The number of amides is 1. The van der Waals surface area contributed by atoms with Gasteiger partial charge in [0.15, 0.2) is 0 Å². The highest BCUT2D eigenvalue weighted by molar-refractivity contribution is 5.78. The second-order valence-electron chi connectivity index (χ2n) is 6.43. The molecule has 1 aliphatic rings. The topological polar surface area (TPSA) is 75.5 Å². The molecule has 6 nitrogen and oxygen atoms in total. The van der Waals surface area contributed by atoms with Gasteiger partial charge in [-0.2, -0.15) is 0 Å². The molecule has 1 aromatic rings. The molecule has 2 rings (SSSR count). The van der Waals surface area contributed by atoms with Gasteiger partial charge in [0, 0.05) is 31.1 Å². The number of nitrogens with zero attached hydrogens (tertiary/aromatic N) is 2. The van der Waals surface area contributed by atoms with Crippen LogP contribution in [0.25, 0.3) is 0 Å². The molecule has 0 aliphatic carbocycles. The van der Waals surface area contributed by atoms with Crippen molar-refractivity contribution >= 4 is 11.6 Å². The summed E-state index contributed by atoms with van der Waals surface area (Å²) in [6.07, 6.45) is 4.85. The van der Waals surface area contributed by atoms with Gasteiger partial charge in [-0.3, -0.25) is 14.9 Å². The lowest BCUT2D eigenvalue weighted by atomic mass is 9.95. The number of likely N-dealkylation sites (tertiary alicyclic amines) is 1. The van der Waals surface area contributed by atoms with E-state index in [0.29, 0.717) is 0 Å². The third-order valence-corrected chi connectivity index (χ3v) is 4.65. The van der Waals surface area contributed by atoms with Crippen LogP contribution in [0, 0.1) is 16.0 Å². The fourth-order valence-corrected chi connectivity index (χ4v) is 3.02. The molecule has 6 heteroatoms. The van der Waals surface area contributed by atoms with Crippen molar-refractivity contribution in [2.75, 3.05) is 26.2 Å². The lowest BCUT2D eigenvalue weighted by Gasteiger charge is -2.31. The third kappa shape index (κ3) is 5.60. The third-order valence-electron chi connectivity index (χ3n) is 4.65. The van der Waals surface area contributed by atoms with Crippen LogP contribution in [0.15, 0.2) is 24.3 Å². The molecule has 1 saturated heterocycles. The van der Waals surface area contributed by atoms with E-state index < -0.39 is 0 Å². The second kappa shape index (κ2) is 9.37. The molecule has 1 amide bonds. The van der Waals surface area contributed by atoms with Gasteiger partial charge in [0.1, 0.15) is 0 Å². The van der Waals surface area contributed by atoms with E-state index in [1.807, 2.05) is 12.1 Å². The molecular weight excluding hydrogens is 306 g/mol. The fourth-order valence-electron chi connectivity index (χ4n) is 3.02. The first-order chi connectivity index (χ1) is 11.6. The summed E-state index contributed by atoms with van der Waals surface area (Å²) in [5.74, 6) is 0.357. The summed E-state index contributed by atoms with van der Waals surface area (Å²) < 4.78 is 0. The highest BCUT2D eigenvalue weighted by Gasteiger charge is 2.24. The van der Waals surface area contributed by atoms with Crippen LogP contribution in [-0.4, -0.2) is 41.9 Å². The van der Waals surface area contributed by atoms with Gasteiger partial charge in [0.05, 0.1) is 4.92 Å². The molecule has 1 heterocycles. The minimum atomic E-state index is -0.375. The minimum Gasteiger partial charge on any atom is -0.356 e. The van der Waals surface area contributed by atoms with Crippen molar-refractivity contribution in [2.45, 2.75) is 39.0 Å². The molecule has 0 saturated carbocycles. The minimum absolute atomic E-state index is 0.133. The first-order valence-electron chi connectivity index (χ1n) is 8.83. The van der Waals surface area contributed by atoms with Crippen LogP contribution in [0.1, 0.15) is 38.2 Å². The molecule has 0 bridgehead atoms. The number of carbonyl (C=O) groups is 1. The highest BCUT2D eigenvalue weighted by atomic mass is 16.6. The average molecular weight is 333 g/mol. The van der Waals surface area contributed by atoms with Crippen molar-refractivity contribution in [2.24, 2.45) is 5.92 Å². The van der Waals surface area contributed by atoms with Crippen molar-refractivity contribution in [1.29, 1.82) is 0 Å². The van der Waals surface area contributed by atoms with E-state index >= 15 is 0 Å². The van der Waals surface area contributed by atoms with E-state index in [0.717, 1.165) is 63.8 Å². The SMILES string of the molecule is CCCCNC(=O)C1CCN(CCc2ccc([N+](=O)[O-])cc2)CC1. The molecule has 0 aromatic heterocycles. The van der Waals surface area contributed by atoms with Gasteiger partial charge in [0.2, 0.25) is 5.91 Å². The molecule has 1 fully saturated rings. The average Bonchev–Trinajstić information content (AvgIpc) is 2.61. The van der Waals surface area contributed by atoms with Crippen molar-refractivity contribution in [1.82, 2.24) is 10.2 Å². The number of piperidine rings is 1. The first kappa shape index (κ1) is 18.4. The summed E-state index contributed by atoms with van der Waals surface area (Å²) >= 11 is 0. The molecule has 0 radical (unpaired) electrons. The van der Waals surface area contributed by atoms with Crippen LogP contribution in [-0.2, 0) is 11.2 Å². The summed E-state index contributed by atoms with van der Waals surface area (Å²) in [5.41, 5.74) is 1.24. The standard InChI is InChI=1S/C18H27N3O3/c1-2-3-11-19-18(22)16-9-13-20(14-10-16)12-8-15-4-6-17(7-5-15)21(23)24/h4-7,16H,2-3,8-14H2,1H3,(H,19,22). The number of nitro benzene ring substituents is 1. The summed E-state index contributed by atoms with van der Waals surface area (Å²) in [4.78, 5) is 24.7. The molecular formula is C18H27N3O3. The predicted octanol–water partition coefficient (Wildman–Crippen LogP) is 2.77. The highest BCUT2D eigenvalue weighted by Crippen LogP contribution is 2.18. The second-order valence-corrected chi connectivity index (χ2v) is 6.43. The van der Waals surface area contributed by atoms with Gasteiger partial charge in [-0.05, 0) is 44.3 Å². The maximum Gasteiger partial charge on any atom is 0.269 e. The molecule has 24 heavy (non-hydrogen) atoms. The smallest absolute Gasteiger partial charge is 0.269 e. The van der Waals surface area contributed by atoms with Crippen LogP contribution in [0.3, 0.4) is 0 Å². The van der Waals surface area contributed by atoms with Crippen LogP contribution in [0.2, 0.25) is 0 Å². The molecule has 0 spiro atoms. The number of hydrogen-bond acceptors (Lipinski definition) is 4. The summed E-state index contributed by atoms with van der Waals surface area (Å²) in [6.45, 7) is 5.73. The van der Waals surface area contributed by atoms with E-state index in [2.05, 4.69) is 17.1 Å². The Hall–Kier alpha value is -1.95. The lowest BCUT2D eigenvalue weighted by Crippen LogP contribution is -2.41. The fraction of sp³-hybridized carbons (Fsp3) is 0.611. The Morgan fingerprint density at radius 2 is 1.96 bits per heavy atom. The lowest BCUT2D eigenvalue weighted by molar-refractivity contribution is -0.384. The number of nitrogens with one attached hydrogen (secondary N) is 1. The number of carbonyl (C=O) groups excluding carboxylic acids is 1. The van der Waals surface area contributed by atoms with Crippen molar-refractivity contribution in [3.05, 3.63) is 39.9 Å². The zero-order valence-electron chi connectivity index (χ0n) is 14.4. The zero-order valence-corrected chi connectivity index (χ0v) is 14.4. The first-order valence-corrected chi connectivity index (χ1v) is 8.83. The van der Waals surface area contributed by atoms with Gasteiger partial charge in [-0.15, -0.1) is 0 Å². The molecule has 1 N–H and O–H groups in total. The number of hydrogen-bond donors (Lipinski definition) is 1. The van der Waals surface area contributed by atoms with Gasteiger partial charge < -0.3 is 10.2 Å². The van der Waals surface area contributed by atoms with Crippen LogP contribution < -0.4 is 5.32 Å². The zero-order chi connectivity index (χ0) is 17.4. The summed E-state index contributed by atoms with van der Waals surface area (Å²) in [7, 11) is 0. The van der Waals surface area contributed by atoms with E-state index in [4.69, 9.17) is 0 Å². The number of nitro groups is 1. The van der Waals surface area contributed by atoms with Crippen LogP contribution in [0.5, 0.6) is 0 Å². The molecule has 0 atom stereocenters. The Morgan fingerprint density at radius 1 is 1.29 bits per heavy atom. The molecule has 132 valence electrons. The number of rotatable bonds is 8. The van der Waals surface area contributed by atoms with E-state index in [1.165, 1.54) is 0 Å². The van der Waals surface area contributed by atoms with E-state index in [1.54, 1.807) is 12.1 Å². The maximum atomic E-state index is 12.1. The van der Waals surface area contributed by atoms with E-state index in [9.17, 15) is 14.9 Å². The van der Waals surface area contributed by atoms with Gasteiger partial charge in [0.25, 0.3) is 5.69 Å². The quantitative estimate of drug-likeness (QED) is 0.451. The Balaban J connectivity index is 1.69. The number of non-ortho nitro benzene ring substituents is 1. The molecule has 1 aliphatic heterocycles. The maximum absolute atomic E-state index is 12.1. The molecule has 1 aromatic carbocycles. The summed E-state index contributed by atoms with van der Waals surface area (Å²) in [5, 5.41) is 13.7. The van der Waals surface area contributed by atoms with E-state index in [-0.39, 0.29) is 22.4 Å². The van der Waals surface area contributed by atoms with Crippen molar-refractivity contribution in [3.63, 3.8) is 0 Å². The Kier molecular flexibility index (Phi) is 7.18. The number of unbranched alkanes of at least 4 members (excludes halogenated alkanes) is 1. The van der Waals surface area contributed by atoms with Gasteiger partial charge in [-0.1, -0.05) is 25.5 Å². The normalized spacial score (nSPS) is 16.0. The Morgan fingerprint density at radius 3 is 2.54 bits per heavy atom. The molecule has 0 unspecified atom stereocenters. The Labute approximate surface area is 143 Å². The Bertz CT molecular complexity index is 537. The van der Waals surface area contributed by atoms with Crippen molar-refractivity contribution in [3.8, 4) is 0 Å². The van der Waals surface area contributed by atoms with Crippen LogP contribution >= 0.6 is 0 Å². The van der Waals surface area contributed by atoms with Crippen molar-refractivity contribution < 1.29 is 9.72 Å². The van der Waals surface area contributed by atoms with Crippen LogP contribution in [0.4, 0.5) is 5.69 Å². The predicted molar refractivity (Wildman–Crippen MR) is 93.9 cm³/mol. The number of benzene rings is 1. The van der Waals surface area contributed by atoms with Gasteiger partial charge >= 0.3 is 0 Å².